The quantitative estimate of drug-likeness (QED) is 0.784. The van der Waals surface area contributed by atoms with Crippen LogP contribution in [0.4, 0.5) is 4.39 Å². The van der Waals surface area contributed by atoms with Gasteiger partial charge < -0.3 is 0 Å². The summed E-state index contributed by atoms with van der Waals surface area (Å²) in [5, 5.41) is 7.26. The third-order valence-electron chi connectivity index (χ3n) is 3.24. The molecule has 0 saturated heterocycles. The lowest BCUT2D eigenvalue weighted by molar-refractivity contribution is 0.627. The van der Waals surface area contributed by atoms with Gasteiger partial charge in [-0.1, -0.05) is 18.2 Å². The Hall–Kier alpha value is -2.75. The van der Waals surface area contributed by atoms with Crippen LogP contribution < -0.4 is 0 Å². The van der Waals surface area contributed by atoms with Gasteiger partial charge in [-0.25, -0.2) is 4.39 Å². The van der Waals surface area contributed by atoms with E-state index < -0.39 is 0 Å². The highest BCUT2D eigenvalue weighted by atomic mass is 19.1. The number of aryl methyl sites for hydroxylation is 1. The first kappa shape index (κ1) is 13.2. The second kappa shape index (κ2) is 5.71. The van der Waals surface area contributed by atoms with Crippen molar-refractivity contribution in [3.63, 3.8) is 0 Å². The molecule has 0 atom stereocenters. The third kappa shape index (κ3) is 2.89. The monoisotopic (exact) mass is 279 g/mol. The minimum Gasteiger partial charge on any atom is -0.278 e. The van der Waals surface area contributed by atoms with Crippen LogP contribution in [0.2, 0.25) is 0 Å². The van der Waals surface area contributed by atoms with Crippen LogP contribution in [0.25, 0.3) is 23.3 Å². The number of halogens is 1. The number of pyridine rings is 1. The molecule has 0 amide bonds. The van der Waals surface area contributed by atoms with Crippen LogP contribution in [0.3, 0.4) is 0 Å². The van der Waals surface area contributed by atoms with E-state index in [0.717, 1.165) is 28.1 Å². The van der Waals surface area contributed by atoms with Gasteiger partial charge in [0.05, 0.1) is 11.4 Å². The van der Waals surface area contributed by atoms with Crippen molar-refractivity contribution in [1.29, 1.82) is 0 Å². The number of aromatic nitrogens is 3. The zero-order valence-corrected chi connectivity index (χ0v) is 11.5. The number of nitrogens with one attached hydrogen (secondary N) is 1. The highest BCUT2D eigenvalue weighted by Crippen LogP contribution is 2.26. The Kier molecular flexibility index (Phi) is 3.60. The molecule has 3 aromatic rings. The van der Waals surface area contributed by atoms with E-state index in [1.807, 2.05) is 37.3 Å². The summed E-state index contributed by atoms with van der Waals surface area (Å²) in [6.07, 6.45) is 7.27. The Labute approximate surface area is 122 Å². The summed E-state index contributed by atoms with van der Waals surface area (Å²) < 4.78 is 13.2. The van der Waals surface area contributed by atoms with Gasteiger partial charge in [0.2, 0.25) is 0 Å². The third-order valence-corrected chi connectivity index (χ3v) is 3.24. The Morgan fingerprint density at radius 1 is 1.10 bits per heavy atom. The average molecular weight is 279 g/mol. The van der Waals surface area contributed by atoms with E-state index in [2.05, 4.69) is 15.2 Å². The van der Waals surface area contributed by atoms with Crippen molar-refractivity contribution in [2.24, 2.45) is 0 Å². The molecular weight excluding hydrogens is 265 g/mol. The molecule has 1 aromatic carbocycles. The zero-order chi connectivity index (χ0) is 14.7. The fraction of sp³-hybridized carbons (Fsp3) is 0.0588. The van der Waals surface area contributed by atoms with Crippen molar-refractivity contribution >= 4 is 12.2 Å². The molecule has 1 N–H and O–H groups in total. The van der Waals surface area contributed by atoms with Gasteiger partial charge in [-0.3, -0.25) is 10.1 Å². The molecule has 104 valence electrons. The summed E-state index contributed by atoms with van der Waals surface area (Å²) in [6, 6.07) is 10.4. The summed E-state index contributed by atoms with van der Waals surface area (Å²) in [7, 11) is 0. The molecule has 0 unspecified atom stereocenters. The van der Waals surface area contributed by atoms with E-state index in [0.29, 0.717) is 0 Å². The van der Waals surface area contributed by atoms with Gasteiger partial charge in [0.1, 0.15) is 5.82 Å². The predicted molar refractivity (Wildman–Crippen MR) is 81.9 cm³/mol. The van der Waals surface area contributed by atoms with Crippen molar-refractivity contribution < 1.29 is 4.39 Å². The summed E-state index contributed by atoms with van der Waals surface area (Å²) >= 11 is 0. The molecule has 0 aliphatic rings. The molecule has 21 heavy (non-hydrogen) atoms. The van der Waals surface area contributed by atoms with Crippen molar-refractivity contribution in [2.75, 3.05) is 0 Å². The Morgan fingerprint density at radius 3 is 2.67 bits per heavy atom. The number of hydrogen-bond donors (Lipinski definition) is 1. The topological polar surface area (TPSA) is 41.6 Å². The molecule has 0 saturated carbocycles. The van der Waals surface area contributed by atoms with E-state index in [4.69, 9.17) is 0 Å². The van der Waals surface area contributed by atoms with Crippen LogP contribution in [-0.4, -0.2) is 15.2 Å². The summed E-state index contributed by atoms with van der Waals surface area (Å²) in [6.45, 7) is 1.95. The SMILES string of the molecule is Cc1n[nH]c(/C=C/c2cccc(F)c2)c1-c1ccncc1. The number of hydrogen-bond acceptors (Lipinski definition) is 2. The van der Waals surface area contributed by atoms with Crippen molar-refractivity contribution in [3.8, 4) is 11.1 Å². The lowest BCUT2D eigenvalue weighted by atomic mass is 10.0. The molecule has 0 aliphatic carbocycles. The van der Waals surface area contributed by atoms with Crippen LogP contribution in [-0.2, 0) is 0 Å². The first-order chi connectivity index (χ1) is 10.2. The second-order valence-electron chi connectivity index (χ2n) is 4.72. The minimum absolute atomic E-state index is 0.243. The van der Waals surface area contributed by atoms with Gasteiger partial charge in [-0.15, -0.1) is 0 Å². The zero-order valence-electron chi connectivity index (χ0n) is 11.5. The molecular formula is C17H14FN3. The highest BCUT2D eigenvalue weighted by molar-refractivity contribution is 5.80. The lowest BCUT2D eigenvalue weighted by Gasteiger charge is -2.01. The number of H-pyrrole nitrogens is 1. The maximum Gasteiger partial charge on any atom is 0.123 e. The van der Waals surface area contributed by atoms with Crippen LogP contribution in [0.15, 0.2) is 48.8 Å². The fourth-order valence-corrected chi connectivity index (χ4v) is 2.24. The maximum absolute atomic E-state index is 13.2. The normalized spacial score (nSPS) is 11.1. The van der Waals surface area contributed by atoms with Gasteiger partial charge in [0.25, 0.3) is 0 Å². The van der Waals surface area contributed by atoms with Gasteiger partial charge in [-0.2, -0.15) is 5.10 Å². The van der Waals surface area contributed by atoms with Gasteiger partial charge in [0, 0.05) is 18.0 Å². The van der Waals surface area contributed by atoms with E-state index in [1.165, 1.54) is 12.1 Å². The van der Waals surface area contributed by atoms with Gasteiger partial charge >= 0.3 is 0 Å². The number of benzene rings is 1. The van der Waals surface area contributed by atoms with Crippen molar-refractivity contribution in [2.45, 2.75) is 6.92 Å². The molecule has 4 heteroatoms. The van der Waals surface area contributed by atoms with Crippen LogP contribution >= 0.6 is 0 Å². The standard InChI is InChI=1S/C17H14FN3/c1-12-17(14-7-9-19-10-8-14)16(21-20-12)6-5-13-3-2-4-15(18)11-13/h2-11H,1H3,(H,20,21)/b6-5+. The fourth-order valence-electron chi connectivity index (χ4n) is 2.24. The van der Waals surface area contributed by atoms with E-state index >= 15 is 0 Å². The molecule has 0 spiro atoms. The van der Waals surface area contributed by atoms with E-state index in [9.17, 15) is 4.39 Å². The van der Waals surface area contributed by atoms with Gasteiger partial charge in [-0.05, 0) is 48.4 Å². The average Bonchev–Trinajstić information content (AvgIpc) is 2.87. The number of nitrogens with zero attached hydrogens (tertiary/aromatic N) is 2. The van der Waals surface area contributed by atoms with E-state index in [1.54, 1.807) is 18.5 Å². The molecule has 0 radical (unpaired) electrons. The second-order valence-corrected chi connectivity index (χ2v) is 4.72. The molecule has 2 aromatic heterocycles. The number of rotatable bonds is 3. The molecule has 0 aliphatic heterocycles. The Morgan fingerprint density at radius 2 is 1.90 bits per heavy atom. The summed E-state index contributed by atoms with van der Waals surface area (Å²) in [5.74, 6) is -0.243. The first-order valence-corrected chi connectivity index (χ1v) is 6.63. The highest BCUT2D eigenvalue weighted by Gasteiger charge is 2.09. The van der Waals surface area contributed by atoms with Crippen molar-refractivity contribution in [1.82, 2.24) is 15.2 Å². The predicted octanol–water partition coefficient (Wildman–Crippen LogP) is 4.09. The molecule has 3 nitrogen and oxygen atoms in total. The largest absolute Gasteiger partial charge is 0.278 e. The molecule has 0 bridgehead atoms. The van der Waals surface area contributed by atoms with Crippen LogP contribution in [0.1, 0.15) is 17.0 Å². The van der Waals surface area contributed by atoms with Crippen molar-refractivity contribution in [3.05, 3.63) is 71.6 Å². The first-order valence-electron chi connectivity index (χ1n) is 6.63. The minimum atomic E-state index is -0.243. The Balaban J connectivity index is 1.97. The lowest BCUT2D eigenvalue weighted by Crippen LogP contribution is -1.83. The molecule has 0 fully saturated rings. The molecule has 3 rings (SSSR count). The maximum atomic E-state index is 13.2. The van der Waals surface area contributed by atoms with Crippen LogP contribution in [0.5, 0.6) is 0 Å². The van der Waals surface area contributed by atoms with Gasteiger partial charge in [0.15, 0.2) is 0 Å². The summed E-state index contributed by atoms with van der Waals surface area (Å²) in [5.41, 5.74) is 4.70. The van der Waals surface area contributed by atoms with E-state index in [-0.39, 0.29) is 5.82 Å². The van der Waals surface area contributed by atoms with Crippen LogP contribution in [0, 0.1) is 12.7 Å². The summed E-state index contributed by atoms with van der Waals surface area (Å²) in [4.78, 5) is 4.03. The molecule has 2 heterocycles. The Bertz CT molecular complexity index is 776. The number of aromatic amines is 1. The smallest absolute Gasteiger partial charge is 0.123 e.